The summed E-state index contributed by atoms with van der Waals surface area (Å²) in [7, 11) is 0. The van der Waals surface area contributed by atoms with Crippen molar-refractivity contribution in [3.63, 3.8) is 0 Å². The van der Waals surface area contributed by atoms with E-state index in [9.17, 15) is 5.26 Å². The molecule has 548 valence electrons. The summed E-state index contributed by atoms with van der Waals surface area (Å²) in [6.45, 7) is 35.2. The SMILES string of the molecule is CC(C)(C)c1cccc(-c2c(N3c4ccc(-c5cc(C(C)(C)C)cc(C(C)(C)C)c5)cc4C4c5ccc(-n6c7ccc(C#N)cc7c7cc(C(C)(C)C)ccc76)cc5N(c5c(-c6ccccc6)cc6oc7ccccc7c6c5-c5ccccc5)c5cc(C(C)(C)C)cc3c54)c(-c3ccccc3)cc3sc4ccccc4c23)c1. The third-order valence-electron chi connectivity index (χ3n) is 23.9. The van der Waals surface area contributed by atoms with Gasteiger partial charge in [0.2, 0.25) is 0 Å². The Morgan fingerprint density at radius 2 is 0.857 bits per heavy atom. The number of thiophene rings is 1. The highest BCUT2D eigenvalue weighted by molar-refractivity contribution is 7.26. The van der Waals surface area contributed by atoms with Crippen molar-refractivity contribution in [2.45, 2.75) is 137 Å². The number of nitrogens with zero attached hydrogens (tertiary/aromatic N) is 4. The second-order valence-corrected chi connectivity index (χ2v) is 37.5. The van der Waals surface area contributed by atoms with Crippen LogP contribution in [0.5, 0.6) is 0 Å². The first kappa shape index (κ1) is 70.4. The summed E-state index contributed by atoms with van der Waals surface area (Å²) < 4.78 is 12.2. The number of para-hydroxylation sites is 1. The lowest BCUT2D eigenvalue weighted by Crippen LogP contribution is -2.31. The Kier molecular flexibility index (Phi) is 16.0. The summed E-state index contributed by atoms with van der Waals surface area (Å²) in [6.07, 6.45) is 0. The maximum Gasteiger partial charge on any atom is 0.136 e. The van der Waals surface area contributed by atoms with E-state index in [1.54, 1.807) is 0 Å². The molecule has 0 N–H and O–H groups in total. The molecule has 0 fully saturated rings. The molecular formula is C106H92N4OS. The van der Waals surface area contributed by atoms with Crippen LogP contribution >= 0.6 is 11.3 Å². The molecule has 5 heterocycles. The fourth-order valence-electron chi connectivity index (χ4n) is 17.9. The summed E-state index contributed by atoms with van der Waals surface area (Å²) in [4.78, 5) is 5.47. The van der Waals surface area contributed by atoms with Crippen LogP contribution < -0.4 is 9.80 Å². The Morgan fingerprint density at radius 1 is 0.330 bits per heavy atom. The van der Waals surface area contributed by atoms with Crippen molar-refractivity contribution in [1.82, 2.24) is 4.57 Å². The Hall–Kier alpha value is -12.0. The van der Waals surface area contributed by atoms with Gasteiger partial charge in [-0.2, -0.15) is 5.26 Å². The quantitative estimate of drug-likeness (QED) is 0.152. The molecule has 17 aromatic rings. The topological polar surface area (TPSA) is 48.3 Å². The lowest BCUT2D eigenvalue weighted by Gasteiger charge is -2.47. The maximum atomic E-state index is 10.7. The molecule has 0 saturated heterocycles. The molecule has 0 spiro atoms. The fourth-order valence-corrected chi connectivity index (χ4v) is 19.1. The average Bonchev–Trinajstić information content (AvgIpc) is 0.824. The molecule has 0 aliphatic carbocycles. The molecule has 112 heavy (non-hydrogen) atoms. The van der Waals surface area contributed by atoms with Crippen LogP contribution in [0.3, 0.4) is 0 Å². The molecule has 19 rings (SSSR count). The molecule has 5 nitrogen and oxygen atoms in total. The van der Waals surface area contributed by atoms with E-state index in [0.29, 0.717) is 5.56 Å². The third kappa shape index (κ3) is 11.4. The first-order valence-electron chi connectivity index (χ1n) is 39.6. The number of anilines is 6. The van der Waals surface area contributed by atoms with Crippen molar-refractivity contribution in [2.75, 3.05) is 9.80 Å². The zero-order valence-corrected chi connectivity index (χ0v) is 67.6. The molecule has 1 unspecified atom stereocenters. The van der Waals surface area contributed by atoms with Crippen molar-refractivity contribution in [3.8, 4) is 67.4 Å². The molecule has 2 aliphatic rings. The van der Waals surface area contributed by atoms with Gasteiger partial charge in [-0.05, 0) is 190 Å². The molecule has 0 amide bonds. The number of hydrogen-bond donors (Lipinski definition) is 0. The third-order valence-corrected chi connectivity index (χ3v) is 25.0. The normalized spacial score (nSPS) is 13.9. The molecule has 3 aromatic heterocycles. The van der Waals surface area contributed by atoms with Crippen molar-refractivity contribution in [1.29, 1.82) is 5.26 Å². The van der Waals surface area contributed by atoms with Crippen LogP contribution in [0.15, 0.2) is 283 Å². The monoisotopic (exact) mass is 1470 g/mol. The van der Waals surface area contributed by atoms with Gasteiger partial charge < -0.3 is 18.8 Å². The van der Waals surface area contributed by atoms with E-state index in [1.165, 1.54) is 86.9 Å². The van der Waals surface area contributed by atoms with Gasteiger partial charge in [-0.25, -0.2) is 0 Å². The van der Waals surface area contributed by atoms with Crippen LogP contribution in [0.1, 0.15) is 160 Å². The molecule has 14 aromatic carbocycles. The van der Waals surface area contributed by atoms with Gasteiger partial charge >= 0.3 is 0 Å². The summed E-state index contributed by atoms with van der Waals surface area (Å²) in [5.41, 5.74) is 32.3. The van der Waals surface area contributed by atoms with Crippen LogP contribution in [-0.4, -0.2) is 4.57 Å². The molecular weight excluding hydrogens is 1380 g/mol. The lowest BCUT2D eigenvalue weighted by molar-refractivity contribution is 0.569. The zero-order valence-electron chi connectivity index (χ0n) is 66.7. The zero-order chi connectivity index (χ0) is 77.4. The average molecular weight is 1470 g/mol. The van der Waals surface area contributed by atoms with Crippen LogP contribution in [0.25, 0.3) is 125 Å². The predicted molar refractivity (Wildman–Crippen MR) is 477 cm³/mol. The van der Waals surface area contributed by atoms with E-state index in [0.717, 1.165) is 117 Å². The van der Waals surface area contributed by atoms with E-state index in [-0.39, 0.29) is 33.0 Å². The number of furan rings is 1. The van der Waals surface area contributed by atoms with E-state index in [1.807, 2.05) is 17.4 Å². The van der Waals surface area contributed by atoms with Gasteiger partial charge in [-0.3, -0.25) is 0 Å². The maximum absolute atomic E-state index is 10.7. The molecule has 0 radical (unpaired) electrons. The Labute approximate surface area is 662 Å². The standard InChI is InChI=1S/C106H92N4OS/c1-102(2,3)70-37-29-36-68(51-70)95-98-78-39-26-28-41-92(78)112-93(98)61-80(65-32-21-17-22-33-65)101(95)109-86-48-43-67(69-52-72(104(7,8)9)55-73(53-69)105(10,11)12)54-83(86)96-76-46-45-75(108-84-47-42-63(62-107)50-81(84)82-56-71(103(4,5)6)44-49-85(82)108)59-87(76)110(89-58-74(106(13,14)15)57-88(109)99(89)96)100-79(64-30-19-16-20-31-64)60-91-97(77-38-25-27-40-90(77)111-91)94(100)66-34-23-18-24-35-66/h16-61,96H,1-15H3. The number of fused-ring (bicyclic) bond motifs is 13. The second kappa shape index (κ2) is 25.5. The van der Waals surface area contributed by atoms with Gasteiger partial charge in [-0.1, -0.05) is 292 Å². The largest absolute Gasteiger partial charge is 0.456 e. The van der Waals surface area contributed by atoms with Crippen LogP contribution in [0.4, 0.5) is 34.1 Å². The van der Waals surface area contributed by atoms with Gasteiger partial charge in [0, 0.05) is 81.1 Å². The first-order valence-corrected chi connectivity index (χ1v) is 40.4. The minimum Gasteiger partial charge on any atom is -0.456 e. The molecule has 2 aliphatic heterocycles. The number of hydrogen-bond acceptors (Lipinski definition) is 5. The van der Waals surface area contributed by atoms with Crippen LogP contribution in [-0.2, 0) is 27.1 Å². The van der Waals surface area contributed by atoms with Crippen molar-refractivity contribution in [2.24, 2.45) is 0 Å². The van der Waals surface area contributed by atoms with Gasteiger partial charge in [-0.15, -0.1) is 11.3 Å². The second-order valence-electron chi connectivity index (χ2n) is 36.4. The number of aromatic nitrogens is 1. The van der Waals surface area contributed by atoms with Crippen molar-refractivity contribution >= 4 is 109 Å². The highest BCUT2D eigenvalue weighted by Crippen LogP contribution is 2.66. The summed E-state index contributed by atoms with van der Waals surface area (Å²) >= 11 is 1.89. The molecule has 6 heteroatoms. The van der Waals surface area contributed by atoms with E-state index < -0.39 is 0 Å². The minimum atomic E-state index is -0.389. The van der Waals surface area contributed by atoms with Crippen LogP contribution in [0, 0.1) is 11.3 Å². The number of rotatable bonds is 8. The number of benzene rings is 14. The lowest BCUT2D eigenvalue weighted by atomic mass is 9.72. The number of nitriles is 1. The summed E-state index contributed by atoms with van der Waals surface area (Å²) in [6, 6.07) is 109. The smallest absolute Gasteiger partial charge is 0.136 e. The predicted octanol–water partition coefficient (Wildman–Crippen LogP) is 30.5. The van der Waals surface area contributed by atoms with Gasteiger partial charge in [0.05, 0.1) is 56.8 Å². The van der Waals surface area contributed by atoms with Crippen LogP contribution in [0.2, 0.25) is 0 Å². The Morgan fingerprint density at radius 3 is 1.49 bits per heavy atom. The minimum absolute atomic E-state index is 0.128. The Bertz CT molecular complexity index is 6750. The van der Waals surface area contributed by atoms with E-state index in [4.69, 9.17) is 4.42 Å². The van der Waals surface area contributed by atoms with Gasteiger partial charge in [0.1, 0.15) is 11.2 Å². The fraction of sp³-hybridized carbons (Fsp3) is 0.198. The summed E-state index contributed by atoms with van der Waals surface area (Å²) in [5.74, 6) is -0.332. The van der Waals surface area contributed by atoms with E-state index in [2.05, 4.69) is 397 Å². The summed E-state index contributed by atoms with van der Waals surface area (Å²) in [5, 5.41) is 17.4. The molecule has 0 saturated carbocycles. The Balaban J connectivity index is 1.03. The highest BCUT2D eigenvalue weighted by atomic mass is 32.1. The van der Waals surface area contributed by atoms with Gasteiger partial charge in [0.25, 0.3) is 0 Å². The first-order chi connectivity index (χ1) is 53.7. The molecule has 1 atom stereocenters. The van der Waals surface area contributed by atoms with Crippen molar-refractivity contribution < 1.29 is 4.42 Å². The molecule has 0 bridgehead atoms. The van der Waals surface area contributed by atoms with E-state index >= 15 is 0 Å². The highest BCUT2D eigenvalue weighted by Gasteiger charge is 2.46. The van der Waals surface area contributed by atoms with Crippen molar-refractivity contribution in [3.05, 3.63) is 329 Å². The van der Waals surface area contributed by atoms with Gasteiger partial charge in [0.15, 0.2) is 0 Å².